The lowest BCUT2D eigenvalue weighted by Crippen LogP contribution is -2.60. The Labute approximate surface area is 469 Å². The van der Waals surface area contributed by atoms with Crippen molar-refractivity contribution in [2.75, 3.05) is 53.4 Å². The second kappa shape index (κ2) is 29.9. The number of amides is 10. The fourth-order valence-electron chi connectivity index (χ4n) is 11.5. The highest BCUT2D eigenvalue weighted by Crippen LogP contribution is 2.28. The molecular formula is C59H94N10O10. The minimum absolute atomic E-state index is 0.0701. The van der Waals surface area contributed by atoms with E-state index in [9.17, 15) is 47.9 Å². The van der Waals surface area contributed by atoms with Crippen LogP contribution in [0, 0.1) is 23.7 Å². The summed E-state index contributed by atoms with van der Waals surface area (Å²) in [6.07, 6.45) is 7.74. The van der Waals surface area contributed by atoms with Gasteiger partial charge in [-0.3, -0.25) is 47.9 Å². The van der Waals surface area contributed by atoms with Gasteiger partial charge in [0.25, 0.3) is 0 Å². The van der Waals surface area contributed by atoms with E-state index in [0.717, 1.165) is 37.7 Å². The molecule has 8 atom stereocenters. The Morgan fingerprint density at radius 3 is 1.43 bits per heavy atom. The maximum absolute atomic E-state index is 15.0. The summed E-state index contributed by atoms with van der Waals surface area (Å²) in [5, 5.41) is 11.6. The highest BCUT2D eigenvalue weighted by Gasteiger charge is 2.44. The monoisotopic (exact) mass is 1100 g/mol. The average molecular weight is 1100 g/mol. The summed E-state index contributed by atoms with van der Waals surface area (Å²) in [6.45, 7) is 16.5. The summed E-state index contributed by atoms with van der Waals surface area (Å²) in [6, 6.07) is 0.627. The fourth-order valence-corrected chi connectivity index (χ4v) is 11.5. The van der Waals surface area contributed by atoms with E-state index in [4.69, 9.17) is 0 Å². The maximum atomic E-state index is 15.0. The molecule has 0 unspecified atom stereocenters. The van der Waals surface area contributed by atoms with E-state index in [1.807, 2.05) is 71.9 Å². The van der Waals surface area contributed by atoms with Gasteiger partial charge in [-0.15, -0.1) is 0 Å². The Morgan fingerprint density at radius 2 is 0.962 bits per heavy atom. The molecule has 0 radical (unpaired) electrons. The van der Waals surface area contributed by atoms with Crippen molar-refractivity contribution in [2.24, 2.45) is 23.7 Å². The number of hydrogen-bond acceptors (Lipinski definition) is 10. The summed E-state index contributed by atoms with van der Waals surface area (Å²) < 4.78 is 0. The lowest BCUT2D eigenvalue weighted by molar-refractivity contribution is -0.149. The Balaban J connectivity index is 1.55. The summed E-state index contributed by atoms with van der Waals surface area (Å²) in [7, 11) is 2.93. The van der Waals surface area contributed by atoms with Gasteiger partial charge in [0.1, 0.15) is 48.3 Å². The van der Waals surface area contributed by atoms with Crippen LogP contribution in [0.2, 0.25) is 0 Å². The lowest BCUT2D eigenvalue weighted by Gasteiger charge is -2.36. The molecule has 4 N–H and O–H groups in total. The van der Waals surface area contributed by atoms with E-state index >= 15 is 0 Å². The highest BCUT2D eigenvalue weighted by atomic mass is 16.2. The number of fused-ring (bicyclic) bond motifs is 2. The molecular weight excluding hydrogens is 1010 g/mol. The van der Waals surface area contributed by atoms with E-state index in [1.54, 1.807) is 13.8 Å². The van der Waals surface area contributed by atoms with Gasteiger partial charge in [-0.1, -0.05) is 91.1 Å². The van der Waals surface area contributed by atoms with Gasteiger partial charge < -0.3 is 50.7 Å². The topological polar surface area (TPSA) is 238 Å². The van der Waals surface area contributed by atoms with E-state index in [0.29, 0.717) is 32.1 Å². The number of carbonyl (C=O) groups excluding carboxylic acids is 10. The molecule has 20 heteroatoms. The van der Waals surface area contributed by atoms with Crippen LogP contribution in [-0.4, -0.2) is 190 Å². The standard InChI is InChI=1S/C59H94N10O10/c1-12-66-35-50(70)60-45(31-38(4)5)54(74)64(10)40(8)52(72)62-44(28-27-37(2)3)56(76)68-29-20-26-49(68)59(79)67(34-43-23-17-14-18-24-43)36-51(71)61-46(32-39(6)7)55(75)65(11)41(9)53(73)63-47(33-42-21-15-13-16-22-42)57(77)69-30-19-25-48(69)58(66)78/h13,15-16,21-22,37-41,43-49H,12,14,17-20,23-36H2,1-11H3,(H,60,70)(H,61,71)(H,62,72)(H,63,73)/t40-,41-,44-,45-,46-,47-,48+,49+/m0/s1. The molecule has 4 fully saturated rings. The molecule has 4 aliphatic rings. The molecule has 0 aromatic heterocycles. The molecule has 3 heterocycles. The van der Waals surface area contributed by atoms with E-state index in [1.165, 1.54) is 50.4 Å². The second-order valence-corrected chi connectivity index (χ2v) is 24.0. The molecule has 1 aromatic rings. The van der Waals surface area contributed by atoms with Gasteiger partial charge in [-0.2, -0.15) is 0 Å². The Morgan fingerprint density at radius 1 is 0.506 bits per heavy atom. The Kier molecular flexibility index (Phi) is 24.2. The third kappa shape index (κ3) is 17.7. The number of carbonyl (C=O) groups is 10. The van der Waals surface area contributed by atoms with Gasteiger partial charge in [0.2, 0.25) is 59.1 Å². The van der Waals surface area contributed by atoms with Gasteiger partial charge in [0, 0.05) is 46.7 Å². The van der Waals surface area contributed by atoms with Crippen LogP contribution in [0.3, 0.4) is 0 Å². The SMILES string of the molecule is CCN1CC(=O)N[C@@H](CC(C)C)C(=O)N(C)[C@@H](C)C(=O)N[C@@H](CCC(C)C)C(=O)N2CCC[C@@H]2C(=O)N(CC2CCCCC2)CC(=O)N[C@@H](CC(C)C)C(=O)N(C)[C@@H](C)C(=O)N[C@@H](Cc2ccccc2)C(=O)N2CCC[C@@H]2C1=O. The van der Waals surface area contributed by atoms with Crippen LogP contribution in [-0.2, 0) is 54.4 Å². The van der Waals surface area contributed by atoms with Crippen LogP contribution in [0.5, 0.6) is 0 Å². The van der Waals surface area contributed by atoms with Crippen molar-refractivity contribution in [1.29, 1.82) is 0 Å². The van der Waals surface area contributed by atoms with Crippen LogP contribution >= 0.6 is 0 Å². The van der Waals surface area contributed by atoms with Gasteiger partial charge >= 0.3 is 0 Å². The van der Waals surface area contributed by atoms with Crippen molar-refractivity contribution in [2.45, 2.75) is 201 Å². The Bertz CT molecular complexity index is 2290. The predicted molar refractivity (Wildman–Crippen MR) is 300 cm³/mol. The minimum Gasteiger partial charge on any atom is -0.343 e. The summed E-state index contributed by atoms with van der Waals surface area (Å²) in [5.74, 6) is -5.19. The van der Waals surface area contributed by atoms with Crippen molar-refractivity contribution in [1.82, 2.24) is 50.7 Å². The number of nitrogens with one attached hydrogen (secondary N) is 4. The molecule has 79 heavy (non-hydrogen) atoms. The molecule has 440 valence electrons. The van der Waals surface area contributed by atoms with Crippen molar-refractivity contribution in [3.63, 3.8) is 0 Å². The highest BCUT2D eigenvalue weighted by molar-refractivity contribution is 5.99. The molecule has 3 aliphatic heterocycles. The van der Waals surface area contributed by atoms with Crippen LogP contribution in [0.1, 0.15) is 151 Å². The molecule has 1 aliphatic carbocycles. The smallest absolute Gasteiger partial charge is 0.246 e. The van der Waals surface area contributed by atoms with Gasteiger partial charge in [0.15, 0.2) is 0 Å². The van der Waals surface area contributed by atoms with Gasteiger partial charge in [-0.25, -0.2) is 0 Å². The molecule has 5 rings (SSSR count). The number of hydrogen-bond donors (Lipinski definition) is 4. The zero-order valence-corrected chi connectivity index (χ0v) is 49.2. The molecule has 1 aromatic carbocycles. The van der Waals surface area contributed by atoms with Gasteiger partial charge in [0.05, 0.1) is 13.1 Å². The molecule has 1 saturated carbocycles. The predicted octanol–water partition coefficient (Wildman–Crippen LogP) is 3.64. The maximum Gasteiger partial charge on any atom is 0.246 e. The summed E-state index contributed by atoms with van der Waals surface area (Å²) >= 11 is 0. The lowest BCUT2D eigenvalue weighted by atomic mass is 9.88. The van der Waals surface area contributed by atoms with Crippen molar-refractivity contribution < 1.29 is 47.9 Å². The molecule has 0 spiro atoms. The summed E-state index contributed by atoms with van der Waals surface area (Å²) in [5.41, 5.74) is 0.740. The molecule has 0 bridgehead atoms. The number of likely N-dealkylation sites (N-methyl/N-ethyl adjacent to an activating group) is 3. The van der Waals surface area contributed by atoms with Crippen LogP contribution < -0.4 is 21.3 Å². The minimum atomic E-state index is -1.16. The van der Waals surface area contributed by atoms with Crippen LogP contribution in [0.4, 0.5) is 0 Å². The number of rotatable bonds is 12. The number of benzene rings is 1. The largest absolute Gasteiger partial charge is 0.343 e. The zero-order chi connectivity index (χ0) is 58.2. The zero-order valence-electron chi connectivity index (χ0n) is 49.2. The third-order valence-electron chi connectivity index (χ3n) is 16.4. The summed E-state index contributed by atoms with van der Waals surface area (Å²) in [4.78, 5) is 153. The third-order valence-corrected chi connectivity index (χ3v) is 16.4. The average Bonchev–Trinajstić information content (AvgIpc) is 4.13. The van der Waals surface area contributed by atoms with Crippen molar-refractivity contribution in [3.05, 3.63) is 35.9 Å². The first kappa shape index (κ1) is 63.7. The van der Waals surface area contributed by atoms with E-state index in [2.05, 4.69) is 21.3 Å². The Hall–Kier alpha value is -6.08. The molecule has 3 saturated heterocycles. The van der Waals surface area contributed by atoms with E-state index < -0.39 is 114 Å². The van der Waals surface area contributed by atoms with Crippen molar-refractivity contribution in [3.8, 4) is 0 Å². The van der Waals surface area contributed by atoms with Crippen LogP contribution in [0.25, 0.3) is 0 Å². The molecule has 10 amide bonds. The fraction of sp³-hybridized carbons (Fsp3) is 0.729. The first-order valence-electron chi connectivity index (χ1n) is 29.4. The van der Waals surface area contributed by atoms with Crippen molar-refractivity contribution >= 4 is 59.1 Å². The van der Waals surface area contributed by atoms with Gasteiger partial charge in [-0.05, 0) is 114 Å². The van der Waals surface area contributed by atoms with Crippen LogP contribution in [0.15, 0.2) is 30.3 Å². The quantitative estimate of drug-likeness (QED) is 0.237. The first-order valence-corrected chi connectivity index (χ1v) is 29.4. The van der Waals surface area contributed by atoms with E-state index in [-0.39, 0.29) is 82.1 Å². The normalized spacial score (nSPS) is 27.2. The molecule has 20 nitrogen and oxygen atoms in total. The number of nitrogens with zero attached hydrogens (tertiary/aromatic N) is 6. The first-order chi connectivity index (χ1) is 37.4. The second-order valence-electron chi connectivity index (χ2n) is 24.0.